The zero-order valence-electron chi connectivity index (χ0n) is 11.3. The van der Waals surface area contributed by atoms with Crippen molar-refractivity contribution in [3.05, 3.63) is 57.8 Å². The van der Waals surface area contributed by atoms with E-state index in [9.17, 15) is 13.6 Å². The number of aromatic amines is 1. The number of benzene rings is 1. The molecule has 2 heterocycles. The molecule has 0 radical (unpaired) electrons. The smallest absolute Gasteiger partial charge is 0.201 e. The standard InChI is InChI=1S/C15H9BrF2N2O2/c1-22-11-3-2-10(17)12(13(11)18)14(21)9-6-20-15-8(9)4-7(16)5-19-15/h2-6H,1H3,(H,19,20). The van der Waals surface area contributed by atoms with E-state index in [4.69, 9.17) is 4.74 Å². The molecule has 0 aliphatic carbocycles. The second-order valence-electron chi connectivity index (χ2n) is 4.52. The Morgan fingerprint density at radius 1 is 1.36 bits per heavy atom. The van der Waals surface area contributed by atoms with E-state index in [-0.39, 0.29) is 11.3 Å². The number of carbonyl (C=O) groups excluding carboxylic acids is 1. The Morgan fingerprint density at radius 3 is 2.86 bits per heavy atom. The normalized spacial score (nSPS) is 10.9. The first-order valence-corrected chi connectivity index (χ1v) is 7.01. The quantitative estimate of drug-likeness (QED) is 0.716. The summed E-state index contributed by atoms with van der Waals surface area (Å²) in [7, 11) is 1.25. The van der Waals surface area contributed by atoms with Crippen molar-refractivity contribution in [3.8, 4) is 5.75 Å². The third kappa shape index (κ3) is 2.27. The van der Waals surface area contributed by atoms with Crippen LogP contribution in [0, 0.1) is 11.6 Å². The van der Waals surface area contributed by atoms with Crippen LogP contribution in [0.1, 0.15) is 15.9 Å². The van der Waals surface area contributed by atoms with Crippen LogP contribution in [0.15, 0.2) is 35.1 Å². The Balaban J connectivity index is 2.20. The molecule has 7 heteroatoms. The molecule has 3 rings (SSSR count). The fourth-order valence-corrected chi connectivity index (χ4v) is 2.53. The predicted molar refractivity (Wildman–Crippen MR) is 80.1 cm³/mol. The Bertz CT molecular complexity index is 893. The van der Waals surface area contributed by atoms with Crippen molar-refractivity contribution >= 4 is 32.7 Å². The van der Waals surface area contributed by atoms with Crippen LogP contribution in [0.2, 0.25) is 0 Å². The van der Waals surface area contributed by atoms with Gasteiger partial charge in [0.25, 0.3) is 0 Å². The first-order chi connectivity index (χ1) is 10.5. The molecule has 0 spiro atoms. The summed E-state index contributed by atoms with van der Waals surface area (Å²) >= 11 is 3.25. The highest BCUT2D eigenvalue weighted by Crippen LogP contribution is 2.28. The van der Waals surface area contributed by atoms with Crippen LogP contribution in [0.25, 0.3) is 11.0 Å². The zero-order chi connectivity index (χ0) is 15.9. The number of hydrogen-bond acceptors (Lipinski definition) is 3. The number of nitrogens with one attached hydrogen (secondary N) is 1. The van der Waals surface area contributed by atoms with Crippen LogP contribution in [-0.4, -0.2) is 22.9 Å². The van der Waals surface area contributed by atoms with Crippen LogP contribution in [0.3, 0.4) is 0 Å². The van der Waals surface area contributed by atoms with Gasteiger partial charge in [-0.3, -0.25) is 4.79 Å². The average molecular weight is 367 g/mol. The molecule has 112 valence electrons. The number of methoxy groups -OCH3 is 1. The maximum absolute atomic E-state index is 14.2. The lowest BCUT2D eigenvalue weighted by molar-refractivity contribution is 0.103. The van der Waals surface area contributed by atoms with Gasteiger partial charge in [0.05, 0.1) is 12.7 Å². The number of ether oxygens (including phenoxy) is 1. The molecule has 0 unspecified atom stereocenters. The Kier molecular flexibility index (Phi) is 3.66. The Hall–Kier alpha value is -2.28. The van der Waals surface area contributed by atoms with E-state index in [2.05, 4.69) is 25.9 Å². The van der Waals surface area contributed by atoms with Crippen molar-refractivity contribution in [2.45, 2.75) is 0 Å². The third-order valence-electron chi connectivity index (χ3n) is 3.25. The van der Waals surface area contributed by atoms with Gasteiger partial charge in [0.2, 0.25) is 5.78 Å². The van der Waals surface area contributed by atoms with Gasteiger partial charge in [-0.05, 0) is 34.1 Å². The summed E-state index contributed by atoms with van der Waals surface area (Å²) in [6.07, 6.45) is 2.94. The molecule has 0 saturated heterocycles. The minimum atomic E-state index is -1.02. The van der Waals surface area contributed by atoms with Crippen molar-refractivity contribution in [1.29, 1.82) is 0 Å². The maximum Gasteiger partial charge on any atom is 0.201 e. The molecule has 0 amide bonds. The largest absolute Gasteiger partial charge is 0.494 e. The second-order valence-corrected chi connectivity index (χ2v) is 5.44. The summed E-state index contributed by atoms with van der Waals surface area (Å²) in [6.45, 7) is 0. The van der Waals surface area contributed by atoms with Crippen LogP contribution in [-0.2, 0) is 0 Å². The number of hydrogen-bond donors (Lipinski definition) is 1. The molecule has 2 aromatic heterocycles. The molecule has 0 bridgehead atoms. The molecule has 0 aliphatic rings. The highest BCUT2D eigenvalue weighted by molar-refractivity contribution is 9.10. The van der Waals surface area contributed by atoms with Crippen molar-refractivity contribution in [3.63, 3.8) is 0 Å². The molecule has 0 fully saturated rings. The summed E-state index contributed by atoms with van der Waals surface area (Å²) in [4.78, 5) is 19.4. The molecule has 22 heavy (non-hydrogen) atoms. The van der Waals surface area contributed by atoms with Crippen LogP contribution in [0.4, 0.5) is 8.78 Å². The Morgan fingerprint density at radius 2 is 2.14 bits per heavy atom. The molecule has 0 aliphatic heterocycles. The minimum absolute atomic E-state index is 0.134. The number of rotatable bonds is 3. The van der Waals surface area contributed by atoms with Gasteiger partial charge >= 0.3 is 0 Å². The fourth-order valence-electron chi connectivity index (χ4n) is 2.20. The van der Waals surface area contributed by atoms with E-state index in [1.165, 1.54) is 13.3 Å². The number of pyridine rings is 1. The number of ketones is 1. The summed E-state index contributed by atoms with van der Waals surface area (Å²) in [5.74, 6) is -2.94. The van der Waals surface area contributed by atoms with Crippen molar-refractivity contribution in [2.75, 3.05) is 7.11 Å². The molecule has 0 saturated carbocycles. The topological polar surface area (TPSA) is 55.0 Å². The SMILES string of the molecule is COc1ccc(F)c(C(=O)c2c[nH]c3ncc(Br)cc23)c1F. The molecule has 4 nitrogen and oxygen atoms in total. The van der Waals surface area contributed by atoms with Crippen molar-refractivity contribution in [1.82, 2.24) is 9.97 Å². The number of halogens is 3. The van der Waals surface area contributed by atoms with Gasteiger partial charge in [-0.25, -0.2) is 13.8 Å². The molecule has 0 atom stereocenters. The van der Waals surface area contributed by atoms with E-state index in [1.54, 1.807) is 12.3 Å². The van der Waals surface area contributed by atoms with Gasteiger partial charge in [-0.1, -0.05) is 0 Å². The fraction of sp³-hybridized carbons (Fsp3) is 0.0667. The summed E-state index contributed by atoms with van der Waals surface area (Å²) in [5, 5.41) is 0.473. The van der Waals surface area contributed by atoms with Crippen molar-refractivity contribution < 1.29 is 18.3 Å². The van der Waals surface area contributed by atoms with Crippen LogP contribution >= 0.6 is 15.9 Å². The van der Waals surface area contributed by atoms with E-state index in [0.717, 1.165) is 12.1 Å². The number of nitrogens with zero attached hydrogens (tertiary/aromatic N) is 1. The lowest BCUT2D eigenvalue weighted by atomic mass is 10.0. The van der Waals surface area contributed by atoms with Gasteiger partial charge < -0.3 is 9.72 Å². The maximum atomic E-state index is 14.2. The number of H-pyrrole nitrogens is 1. The predicted octanol–water partition coefficient (Wildman–Crippen LogP) is 3.84. The van der Waals surface area contributed by atoms with Gasteiger partial charge in [0, 0.05) is 27.8 Å². The van der Waals surface area contributed by atoms with E-state index >= 15 is 0 Å². The average Bonchev–Trinajstić information content (AvgIpc) is 2.90. The van der Waals surface area contributed by atoms with Gasteiger partial charge in [0.1, 0.15) is 11.5 Å². The molecule has 1 aromatic carbocycles. The van der Waals surface area contributed by atoms with Gasteiger partial charge in [-0.2, -0.15) is 0 Å². The monoisotopic (exact) mass is 366 g/mol. The summed E-state index contributed by atoms with van der Waals surface area (Å²) in [5.41, 5.74) is -0.0645. The molecular formula is C15H9BrF2N2O2. The summed E-state index contributed by atoms with van der Waals surface area (Å²) < 4.78 is 33.6. The first kappa shape index (κ1) is 14.6. The van der Waals surface area contributed by atoms with Crippen LogP contribution < -0.4 is 4.74 Å². The van der Waals surface area contributed by atoms with Gasteiger partial charge in [0.15, 0.2) is 11.6 Å². The number of aromatic nitrogens is 2. The van der Waals surface area contributed by atoms with Crippen LogP contribution in [0.5, 0.6) is 5.75 Å². The minimum Gasteiger partial charge on any atom is -0.494 e. The summed E-state index contributed by atoms with van der Waals surface area (Å²) in [6, 6.07) is 3.79. The van der Waals surface area contributed by atoms with Gasteiger partial charge in [-0.15, -0.1) is 0 Å². The first-order valence-electron chi connectivity index (χ1n) is 6.22. The third-order valence-corrected chi connectivity index (χ3v) is 3.68. The highest BCUT2D eigenvalue weighted by atomic mass is 79.9. The van der Waals surface area contributed by atoms with E-state index < -0.39 is 23.0 Å². The van der Waals surface area contributed by atoms with Crippen molar-refractivity contribution in [2.24, 2.45) is 0 Å². The lowest BCUT2D eigenvalue weighted by Crippen LogP contribution is -2.08. The van der Waals surface area contributed by atoms with E-state index in [0.29, 0.717) is 15.5 Å². The molecular weight excluding hydrogens is 358 g/mol. The number of carbonyl (C=O) groups is 1. The molecule has 3 aromatic rings. The number of fused-ring (bicyclic) bond motifs is 1. The second kappa shape index (κ2) is 5.49. The Labute approximate surface area is 132 Å². The molecule has 1 N–H and O–H groups in total. The van der Waals surface area contributed by atoms with E-state index in [1.807, 2.05) is 0 Å². The lowest BCUT2D eigenvalue weighted by Gasteiger charge is -2.07. The highest BCUT2D eigenvalue weighted by Gasteiger charge is 2.24. The zero-order valence-corrected chi connectivity index (χ0v) is 12.9.